The summed E-state index contributed by atoms with van der Waals surface area (Å²) < 4.78 is 0. The maximum absolute atomic E-state index is 6.32. The molecule has 1 aliphatic heterocycles. The number of hydrogen-bond donors (Lipinski definition) is 1. The van der Waals surface area contributed by atoms with Crippen molar-refractivity contribution < 1.29 is 0 Å². The third kappa shape index (κ3) is 3.82. The zero-order chi connectivity index (χ0) is 13.9. The van der Waals surface area contributed by atoms with Gasteiger partial charge < -0.3 is 5.73 Å². The highest BCUT2D eigenvalue weighted by atomic mass is 35.5. The highest BCUT2D eigenvalue weighted by Gasteiger charge is 2.30. The van der Waals surface area contributed by atoms with E-state index in [0.717, 1.165) is 25.3 Å². The van der Waals surface area contributed by atoms with Gasteiger partial charge in [0.05, 0.1) is 0 Å². The number of halogens is 1. The Balaban J connectivity index is 0.00000161. The van der Waals surface area contributed by atoms with E-state index in [0.29, 0.717) is 5.92 Å². The molecule has 0 saturated carbocycles. The van der Waals surface area contributed by atoms with Gasteiger partial charge in [-0.3, -0.25) is 9.88 Å². The molecule has 2 aromatic rings. The lowest BCUT2D eigenvalue weighted by Crippen LogP contribution is -2.28. The molecular formula is C17H22ClN3. The van der Waals surface area contributed by atoms with Crippen molar-refractivity contribution in [2.24, 2.45) is 5.73 Å². The number of benzene rings is 1. The molecule has 3 nitrogen and oxygen atoms in total. The number of rotatable bonds is 3. The van der Waals surface area contributed by atoms with Gasteiger partial charge in [-0.1, -0.05) is 36.4 Å². The normalized spacial score (nSPS) is 22.0. The molecule has 2 heterocycles. The molecule has 0 bridgehead atoms. The predicted molar refractivity (Wildman–Crippen MR) is 88.7 cm³/mol. The monoisotopic (exact) mass is 303 g/mol. The lowest BCUT2D eigenvalue weighted by Gasteiger charge is -2.16. The molecule has 0 unspecified atom stereocenters. The number of likely N-dealkylation sites (tertiary alicyclic amines) is 1. The van der Waals surface area contributed by atoms with Gasteiger partial charge in [0.15, 0.2) is 0 Å². The Morgan fingerprint density at radius 1 is 1.14 bits per heavy atom. The van der Waals surface area contributed by atoms with Crippen molar-refractivity contribution >= 4 is 12.4 Å². The fourth-order valence-corrected chi connectivity index (χ4v) is 2.95. The molecule has 3 rings (SSSR count). The number of hydrogen-bond acceptors (Lipinski definition) is 3. The second-order valence-electron chi connectivity index (χ2n) is 5.68. The molecule has 2 N–H and O–H groups in total. The molecule has 21 heavy (non-hydrogen) atoms. The molecule has 0 aliphatic carbocycles. The van der Waals surface area contributed by atoms with Gasteiger partial charge in [0.2, 0.25) is 0 Å². The van der Waals surface area contributed by atoms with Crippen molar-refractivity contribution in [3.05, 3.63) is 65.5 Å². The van der Waals surface area contributed by atoms with E-state index in [1.807, 2.05) is 13.1 Å². The molecule has 0 spiro atoms. The first-order chi connectivity index (χ1) is 9.72. The van der Waals surface area contributed by atoms with Crippen molar-refractivity contribution in [3.8, 4) is 0 Å². The third-order valence-electron chi connectivity index (χ3n) is 4.05. The van der Waals surface area contributed by atoms with Crippen LogP contribution in [0.15, 0.2) is 48.7 Å². The van der Waals surface area contributed by atoms with Gasteiger partial charge in [0.25, 0.3) is 0 Å². The summed E-state index contributed by atoms with van der Waals surface area (Å²) in [5, 5.41) is 0. The number of pyridine rings is 1. The Hall–Kier alpha value is -1.42. The van der Waals surface area contributed by atoms with Crippen molar-refractivity contribution in [3.63, 3.8) is 0 Å². The molecule has 1 fully saturated rings. The summed E-state index contributed by atoms with van der Waals surface area (Å²) in [7, 11) is 0. The molecule has 0 radical (unpaired) electrons. The average Bonchev–Trinajstić information content (AvgIpc) is 2.83. The smallest absolute Gasteiger partial charge is 0.0372 e. The van der Waals surface area contributed by atoms with Gasteiger partial charge in [0, 0.05) is 43.5 Å². The summed E-state index contributed by atoms with van der Waals surface area (Å²) >= 11 is 0. The molecular weight excluding hydrogens is 282 g/mol. The number of aryl methyl sites for hydroxylation is 1. The minimum Gasteiger partial charge on any atom is -0.326 e. The van der Waals surface area contributed by atoms with Gasteiger partial charge in [0.1, 0.15) is 0 Å². The van der Waals surface area contributed by atoms with E-state index in [1.165, 1.54) is 11.1 Å². The fourth-order valence-electron chi connectivity index (χ4n) is 2.95. The number of aromatic nitrogens is 1. The quantitative estimate of drug-likeness (QED) is 0.948. The largest absolute Gasteiger partial charge is 0.326 e. The first kappa shape index (κ1) is 16.0. The summed E-state index contributed by atoms with van der Waals surface area (Å²) in [5.41, 5.74) is 10.00. The number of nitrogens with two attached hydrogens (primary N) is 1. The van der Waals surface area contributed by atoms with Crippen LogP contribution in [-0.4, -0.2) is 29.0 Å². The van der Waals surface area contributed by atoms with Crippen LogP contribution < -0.4 is 5.73 Å². The highest BCUT2D eigenvalue weighted by Crippen LogP contribution is 2.27. The predicted octanol–water partition coefficient (Wildman–Crippen LogP) is 2.74. The zero-order valence-corrected chi connectivity index (χ0v) is 13.1. The Bertz CT molecular complexity index is 556. The SMILES string of the molecule is Cc1ccc(CN2C[C@@H](N)[C@H](c3ccccc3)C2)cn1.Cl. The first-order valence-corrected chi connectivity index (χ1v) is 7.17. The molecule has 2 atom stereocenters. The zero-order valence-electron chi connectivity index (χ0n) is 12.3. The Labute approximate surface area is 132 Å². The molecule has 0 amide bonds. The average molecular weight is 304 g/mol. The number of nitrogens with zero attached hydrogens (tertiary/aromatic N) is 2. The molecule has 1 aromatic carbocycles. The molecule has 1 aliphatic rings. The fraction of sp³-hybridized carbons (Fsp3) is 0.353. The van der Waals surface area contributed by atoms with Crippen LogP contribution in [0.1, 0.15) is 22.7 Å². The van der Waals surface area contributed by atoms with Gasteiger partial charge in [-0.05, 0) is 24.1 Å². The maximum atomic E-state index is 6.32. The van der Waals surface area contributed by atoms with E-state index in [1.54, 1.807) is 0 Å². The maximum Gasteiger partial charge on any atom is 0.0372 e. The summed E-state index contributed by atoms with van der Waals surface area (Å²) in [6, 6.07) is 15.0. The van der Waals surface area contributed by atoms with Crippen LogP contribution in [0.5, 0.6) is 0 Å². The van der Waals surface area contributed by atoms with Crippen molar-refractivity contribution in [1.29, 1.82) is 0 Å². The summed E-state index contributed by atoms with van der Waals surface area (Å²) in [6.45, 7) is 4.93. The summed E-state index contributed by atoms with van der Waals surface area (Å²) in [4.78, 5) is 6.78. The minimum absolute atomic E-state index is 0. The van der Waals surface area contributed by atoms with Crippen LogP contribution in [0.25, 0.3) is 0 Å². The van der Waals surface area contributed by atoms with Crippen LogP contribution in [0.4, 0.5) is 0 Å². The van der Waals surface area contributed by atoms with E-state index in [2.05, 4.69) is 52.3 Å². The lowest BCUT2D eigenvalue weighted by atomic mass is 9.95. The van der Waals surface area contributed by atoms with Gasteiger partial charge >= 0.3 is 0 Å². The van der Waals surface area contributed by atoms with E-state index in [9.17, 15) is 0 Å². The lowest BCUT2D eigenvalue weighted by molar-refractivity contribution is 0.323. The van der Waals surface area contributed by atoms with E-state index in [-0.39, 0.29) is 18.4 Å². The molecule has 1 saturated heterocycles. The van der Waals surface area contributed by atoms with E-state index < -0.39 is 0 Å². The second kappa shape index (κ2) is 7.03. The van der Waals surface area contributed by atoms with Crippen LogP contribution >= 0.6 is 12.4 Å². The van der Waals surface area contributed by atoms with Crippen molar-refractivity contribution in [2.45, 2.75) is 25.4 Å². The topological polar surface area (TPSA) is 42.1 Å². The minimum atomic E-state index is 0. The molecule has 4 heteroatoms. The molecule has 1 aromatic heterocycles. The molecule has 112 valence electrons. The van der Waals surface area contributed by atoms with Crippen molar-refractivity contribution in [2.75, 3.05) is 13.1 Å². The first-order valence-electron chi connectivity index (χ1n) is 7.17. The summed E-state index contributed by atoms with van der Waals surface area (Å²) in [6.07, 6.45) is 1.97. The van der Waals surface area contributed by atoms with E-state index >= 15 is 0 Å². The van der Waals surface area contributed by atoms with Crippen LogP contribution in [-0.2, 0) is 6.54 Å². The van der Waals surface area contributed by atoms with Gasteiger partial charge in [-0.25, -0.2) is 0 Å². The second-order valence-corrected chi connectivity index (χ2v) is 5.68. The third-order valence-corrected chi connectivity index (χ3v) is 4.05. The Morgan fingerprint density at radius 3 is 2.57 bits per heavy atom. The highest BCUT2D eigenvalue weighted by molar-refractivity contribution is 5.85. The van der Waals surface area contributed by atoms with Crippen LogP contribution in [0.2, 0.25) is 0 Å². The Kier molecular flexibility index (Phi) is 5.34. The van der Waals surface area contributed by atoms with Crippen molar-refractivity contribution in [1.82, 2.24) is 9.88 Å². The van der Waals surface area contributed by atoms with E-state index in [4.69, 9.17) is 5.73 Å². The van der Waals surface area contributed by atoms with Crippen LogP contribution in [0.3, 0.4) is 0 Å². The van der Waals surface area contributed by atoms with Crippen LogP contribution in [0, 0.1) is 6.92 Å². The van der Waals surface area contributed by atoms with Gasteiger partial charge in [-0.15, -0.1) is 12.4 Å². The van der Waals surface area contributed by atoms with Gasteiger partial charge in [-0.2, -0.15) is 0 Å². The Morgan fingerprint density at radius 2 is 1.90 bits per heavy atom. The summed E-state index contributed by atoms with van der Waals surface area (Å²) in [5.74, 6) is 0.439. The standard InChI is InChI=1S/C17H21N3.ClH/c1-13-7-8-14(9-19-13)10-20-11-16(17(18)12-20)15-5-3-2-4-6-15;/h2-9,16-17H,10-12,18H2,1H3;1H/t16-,17+;/m0./s1.